The molecule has 3 aromatic rings. The lowest BCUT2D eigenvalue weighted by molar-refractivity contribution is 0.318. The second-order valence-electron chi connectivity index (χ2n) is 4.42. The van der Waals surface area contributed by atoms with Crippen LogP contribution in [0.15, 0.2) is 65.8 Å². The van der Waals surface area contributed by atoms with E-state index in [1.807, 2.05) is 53.2 Å². The number of fused-ring (bicyclic) bond motifs is 1. The maximum Gasteiger partial charge on any atom is 0.119 e. The predicted octanol–water partition coefficient (Wildman–Crippen LogP) is 3.90. The summed E-state index contributed by atoms with van der Waals surface area (Å²) in [5, 5.41) is 5.57. The first-order valence-corrected chi connectivity index (χ1v) is 7.65. The Morgan fingerprint density at radius 2 is 1.90 bits per heavy atom. The van der Waals surface area contributed by atoms with Crippen LogP contribution >= 0.6 is 11.8 Å². The smallest absolute Gasteiger partial charge is 0.119 e. The van der Waals surface area contributed by atoms with E-state index in [0.29, 0.717) is 0 Å². The van der Waals surface area contributed by atoms with Crippen molar-refractivity contribution in [3.8, 4) is 5.75 Å². The largest absolute Gasteiger partial charge is 0.494 e. The summed E-state index contributed by atoms with van der Waals surface area (Å²) in [6, 6.07) is 18.1. The molecule has 0 amide bonds. The van der Waals surface area contributed by atoms with E-state index in [1.54, 1.807) is 11.8 Å². The molecule has 20 heavy (non-hydrogen) atoms. The third-order valence-electron chi connectivity index (χ3n) is 2.90. The van der Waals surface area contributed by atoms with Gasteiger partial charge in [-0.25, -0.2) is 4.52 Å². The average molecular weight is 284 g/mol. The lowest BCUT2D eigenvalue weighted by Crippen LogP contribution is -1.98. The van der Waals surface area contributed by atoms with Crippen molar-refractivity contribution < 1.29 is 4.74 Å². The number of ether oxygens (including phenoxy) is 1. The number of nitrogens with zero attached hydrogens (tertiary/aromatic N) is 2. The van der Waals surface area contributed by atoms with Crippen LogP contribution in [-0.2, 0) is 0 Å². The maximum atomic E-state index is 5.66. The Bertz CT molecular complexity index is 633. The normalized spacial score (nSPS) is 10.8. The van der Waals surface area contributed by atoms with Gasteiger partial charge in [0.25, 0.3) is 0 Å². The fourth-order valence-electron chi connectivity index (χ4n) is 1.93. The molecule has 3 nitrogen and oxygen atoms in total. The van der Waals surface area contributed by atoms with Gasteiger partial charge >= 0.3 is 0 Å². The Morgan fingerprint density at radius 1 is 1.05 bits per heavy atom. The van der Waals surface area contributed by atoms with Crippen molar-refractivity contribution in [2.45, 2.75) is 11.4 Å². The van der Waals surface area contributed by atoms with Crippen LogP contribution < -0.4 is 4.74 Å². The minimum Gasteiger partial charge on any atom is -0.494 e. The van der Waals surface area contributed by atoms with Gasteiger partial charge in [-0.05, 0) is 36.8 Å². The van der Waals surface area contributed by atoms with Crippen molar-refractivity contribution in [3.63, 3.8) is 0 Å². The van der Waals surface area contributed by atoms with Crippen LogP contribution in [0.3, 0.4) is 0 Å². The number of para-hydroxylation sites is 1. The molecule has 0 saturated carbocycles. The summed E-state index contributed by atoms with van der Waals surface area (Å²) in [7, 11) is 0. The third-order valence-corrected chi connectivity index (χ3v) is 3.89. The van der Waals surface area contributed by atoms with Crippen LogP contribution in [0.1, 0.15) is 6.42 Å². The van der Waals surface area contributed by atoms with E-state index in [2.05, 4.69) is 17.2 Å². The standard InChI is InChI=1S/C16H16N2OS/c1-2-8-15(9-3-1)19-11-6-12-20-16-13-14-7-4-5-10-18(14)17-16/h1-5,7-10,13H,6,11-12H2. The van der Waals surface area contributed by atoms with E-state index in [0.717, 1.165) is 35.1 Å². The van der Waals surface area contributed by atoms with Crippen molar-refractivity contribution in [2.24, 2.45) is 0 Å². The quantitative estimate of drug-likeness (QED) is 0.507. The van der Waals surface area contributed by atoms with Gasteiger partial charge in [0, 0.05) is 11.9 Å². The van der Waals surface area contributed by atoms with Gasteiger partial charge in [-0.15, -0.1) is 11.8 Å². The first kappa shape index (κ1) is 13.1. The molecule has 0 fully saturated rings. The minimum atomic E-state index is 0.740. The van der Waals surface area contributed by atoms with Gasteiger partial charge < -0.3 is 4.74 Å². The number of pyridine rings is 1. The fraction of sp³-hybridized carbons (Fsp3) is 0.188. The summed E-state index contributed by atoms with van der Waals surface area (Å²) in [6.45, 7) is 0.740. The highest BCUT2D eigenvalue weighted by Crippen LogP contribution is 2.19. The van der Waals surface area contributed by atoms with E-state index in [4.69, 9.17) is 4.74 Å². The summed E-state index contributed by atoms with van der Waals surface area (Å²) in [5.74, 6) is 1.95. The van der Waals surface area contributed by atoms with E-state index in [9.17, 15) is 0 Å². The molecule has 0 unspecified atom stereocenters. The van der Waals surface area contributed by atoms with Crippen molar-refractivity contribution in [1.82, 2.24) is 9.61 Å². The monoisotopic (exact) mass is 284 g/mol. The zero-order valence-corrected chi connectivity index (χ0v) is 11.9. The summed E-state index contributed by atoms with van der Waals surface area (Å²) >= 11 is 1.77. The molecule has 0 atom stereocenters. The molecule has 102 valence electrons. The topological polar surface area (TPSA) is 26.5 Å². The van der Waals surface area contributed by atoms with Crippen LogP contribution in [-0.4, -0.2) is 22.0 Å². The number of benzene rings is 1. The van der Waals surface area contributed by atoms with E-state index < -0.39 is 0 Å². The number of hydrogen-bond acceptors (Lipinski definition) is 3. The van der Waals surface area contributed by atoms with Gasteiger partial charge in [0.2, 0.25) is 0 Å². The summed E-state index contributed by atoms with van der Waals surface area (Å²) < 4.78 is 7.57. The van der Waals surface area contributed by atoms with Gasteiger partial charge in [-0.2, -0.15) is 5.10 Å². The second kappa shape index (κ2) is 6.48. The number of aromatic nitrogens is 2. The van der Waals surface area contributed by atoms with Gasteiger partial charge in [0.15, 0.2) is 0 Å². The molecule has 0 N–H and O–H groups in total. The molecule has 1 aromatic carbocycles. The zero-order chi connectivity index (χ0) is 13.6. The molecule has 3 rings (SSSR count). The van der Waals surface area contributed by atoms with Crippen LogP contribution in [0.2, 0.25) is 0 Å². The first-order valence-electron chi connectivity index (χ1n) is 6.67. The SMILES string of the molecule is c1ccc(OCCCSc2cc3ccccn3n2)cc1. The molecule has 0 aliphatic carbocycles. The van der Waals surface area contributed by atoms with Gasteiger partial charge in [-0.1, -0.05) is 24.3 Å². The van der Waals surface area contributed by atoms with Crippen LogP contribution in [0.5, 0.6) is 5.75 Å². The Hall–Kier alpha value is -1.94. The van der Waals surface area contributed by atoms with E-state index in [1.165, 1.54) is 0 Å². The Balaban J connectivity index is 1.43. The van der Waals surface area contributed by atoms with Crippen LogP contribution in [0.25, 0.3) is 5.52 Å². The highest BCUT2D eigenvalue weighted by Gasteiger charge is 2.01. The highest BCUT2D eigenvalue weighted by atomic mass is 32.2. The molecule has 0 bridgehead atoms. The van der Waals surface area contributed by atoms with Crippen molar-refractivity contribution in [1.29, 1.82) is 0 Å². The molecule has 0 radical (unpaired) electrons. The maximum absolute atomic E-state index is 5.66. The minimum absolute atomic E-state index is 0.740. The predicted molar refractivity (Wildman–Crippen MR) is 82.5 cm³/mol. The molecule has 4 heteroatoms. The molecular weight excluding hydrogens is 268 g/mol. The van der Waals surface area contributed by atoms with E-state index in [-0.39, 0.29) is 0 Å². The first-order chi connectivity index (χ1) is 9.92. The third kappa shape index (κ3) is 3.33. The lowest BCUT2D eigenvalue weighted by Gasteiger charge is -2.04. The highest BCUT2D eigenvalue weighted by molar-refractivity contribution is 7.99. The molecule has 2 heterocycles. The summed E-state index contributed by atoms with van der Waals surface area (Å²) in [5.41, 5.74) is 1.13. The fourth-order valence-corrected chi connectivity index (χ4v) is 2.75. The summed E-state index contributed by atoms with van der Waals surface area (Å²) in [4.78, 5) is 0. The number of hydrogen-bond donors (Lipinski definition) is 0. The summed E-state index contributed by atoms with van der Waals surface area (Å²) in [6.07, 6.45) is 2.98. The Morgan fingerprint density at radius 3 is 2.75 bits per heavy atom. The Kier molecular flexibility index (Phi) is 4.23. The number of rotatable bonds is 6. The van der Waals surface area contributed by atoms with Crippen LogP contribution in [0.4, 0.5) is 0 Å². The van der Waals surface area contributed by atoms with Gasteiger partial charge in [-0.3, -0.25) is 0 Å². The molecule has 2 aromatic heterocycles. The molecular formula is C16H16N2OS. The molecule has 0 spiro atoms. The van der Waals surface area contributed by atoms with Gasteiger partial charge in [0.05, 0.1) is 12.1 Å². The Labute approximate surface area is 122 Å². The average Bonchev–Trinajstić information content (AvgIpc) is 2.90. The van der Waals surface area contributed by atoms with E-state index >= 15 is 0 Å². The molecule has 0 aliphatic heterocycles. The molecule has 0 saturated heterocycles. The second-order valence-corrected chi connectivity index (χ2v) is 5.53. The van der Waals surface area contributed by atoms with Gasteiger partial charge in [0.1, 0.15) is 10.8 Å². The van der Waals surface area contributed by atoms with Crippen molar-refractivity contribution >= 4 is 17.3 Å². The lowest BCUT2D eigenvalue weighted by atomic mass is 10.3. The van der Waals surface area contributed by atoms with Crippen LogP contribution in [0, 0.1) is 0 Å². The van der Waals surface area contributed by atoms with Crippen molar-refractivity contribution in [2.75, 3.05) is 12.4 Å². The van der Waals surface area contributed by atoms with Crippen molar-refractivity contribution in [3.05, 3.63) is 60.8 Å². The number of thioether (sulfide) groups is 1. The molecule has 0 aliphatic rings. The zero-order valence-electron chi connectivity index (χ0n) is 11.1.